The number of halogens is 2. The highest BCUT2D eigenvalue weighted by atomic mass is 79.9. The zero-order valence-electron chi connectivity index (χ0n) is 19.4. The number of hydrogen-bond donors (Lipinski definition) is 1. The van der Waals surface area contributed by atoms with Crippen LogP contribution in [0.1, 0.15) is 47.8 Å². The number of nitrogens with one attached hydrogen (secondary N) is 1. The smallest absolute Gasteiger partial charge is 0.347 e. The van der Waals surface area contributed by atoms with Crippen molar-refractivity contribution in [1.82, 2.24) is 5.32 Å². The van der Waals surface area contributed by atoms with E-state index in [1.165, 1.54) is 0 Å². The Morgan fingerprint density at radius 1 is 1.03 bits per heavy atom. The van der Waals surface area contributed by atoms with E-state index in [4.69, 9.17) is 9.47 Å². The molecule has 0 aromatic heterocycles. The van der Waals surface area contributed by atoms with Gasteiger partial charge in [-0.1, -0.05) is 69.3 Å². The van der Waals surface area contributed by atoms with Crippen LogP contribution in [0.25, 0.3) is 0 Å². The molecule has 0 heterocycles. The Morgan fingerprint density at radius 2 is 1.64 bits per heavy atom. The molecule has 3 aromatic rings. The van der Waals surface area contributed by atoms with Crippen molar-refractivity contribution in [2.75, 3.05) is 6.54 Å². The highest BCUT2D eigenvalue weighted by Gasteiger charge is 2.28. The first-order valence-corrected chi connectivity index (χ1v) is 11.6. The third kappa shape index (κ3) is 6.65. The van der Waals surface area contributed by atoms with Crippen molar-refractivity contribution in [3.63, 3.8) is 0 Å². The summed E-state index contributed by atoms with van der Waals surface area (Å²) in [5, 5.41) is 3.30. The third-order valence-electron chi connectivity index (χ3n) is 5.00. The molecule has 0 spiro atoms. The maximum absolute atomic E-state index is 15.5. The van der Waals surface area contributed by atoms with E-state index in [1.54, 1.807) is 31.2 Å². The molecular weight excluding hydrogens is 485 g/mol. The van der Waals surface area contributed by atoms with Gasteiger partial charge in [0.1, 0.15) is 29.5 Å². The molecule has 0 saturated heterocycles. The van der Waals surface area contributed by atoms with E-state index in [0.717, 1.165) is 5.56 Å². The van der Waals surface area contributed by atoms with Crippen LogP contribution in [0.3, 0.4) is 0 Å². The lowest BCUT2D eigenvalue weighted by atomic mass is 9.96. The Bertz CT molecular complexity index is 1100. The molecule has 0 amide bonds. The van der Waals surface area contributed by atoms with E-state index in [9.17, 15) is 4.79 Å². The predicted molar refractivity (Wildman–Crippen MR) is 132 cm³/mol. The summed E-state index contributed by atoms with van der Waals surface area (Å²) in [7, 11) is 0. The highest BCUT2D eigenvalue weighted by Crippen LogP contribution is 2.38. The largest absolute Gasteiger partial charge is 0.487 e. The lowest BCUT2D eigenvalue weighted by Crippen LogP contribution is -2.27. The second-order valence-corrected chi connectivity index (χ2v) is 9.87. The monoisotopic (exact) mass is 513 g/mol. The molecular formula is C27H29BrFNO3. The molecule has 0 bridgehead atoms. The normalized spacial score (nSPS) is 11.3. The second-order valence-electron chi connectivity index (χ2n) is 9.08. The number of para-hydroxylation sites is 1. The van der Waals surface area contributed by atoms with Crippen LogP contribution in [0.5, 0.6) is 11.5 Å². The topological polar surface area (TPSA) is 47.6 Å². The molecule has 3 rings (SSSR count). The summed E-state index contributed by atoms with van der Waals surface area (Å²) in [6.45, 7) is 9.11. The molecule has 3 aromatic carbocycles. The summed E-state index contributed by atoms with van der Waals surface area (Å²) in [6, 6.07) is 18.3. The Hall–Kier alpha value is -2.70. The van der Waals surface area contributed by atoms with Gasteiger partial charge in [-0.25, -0.2) is 9.18 Å². The van der Waals surface area contributed by atoms with Crippen molar-refractivity contribution >= 4 is 21.9 Å². The molecule has 6 heteroatoms. The Morgan fingerprint density at radius 3 is 2.24 bits per heavy atom. The minimum atomic E-state index is -0.671. The van der Waals surface area contributed by atoms with E-state index in [0.29, 0.717) is 28.9 Å². The van der Waals surface area contributed by atoms with Gasteiger partial charge in [0.05, 0.1) is 4.47 Å². The quantitative estimate of drug-likeness (QED) is 0.265. The van der Waals surface area contributed by atoms with Crippen LogP contribution in [-0.2, 0) is 13.2 Å². The van der Waals surface area contributed by atoms with Gasteiger partial charge in [-0.2, -0.15) is 0 Å². The van der Waals surface area contributed by atoms with Crippen LogP contribution in [-0.4, -0.2) is 12.5 Å². The number of rotatable bonds is 8. The molecule has 1 N–H and O–H groups in total. The summed E-state index contributed by atoms with van der Waals surface area (Å²) < 4.78 is 27.5. The van der Waals surface area contributed by atoms with Crippen molar-refractivity contribution in [1.29, 1.82) is 0 Å². The fourth-order valence-electron chi connectivity index (χ4n) is 3.32. The zero-order valence-corrected chi connectivity index (χ0v) is 21.0. The van der Waals surface area contributed by atoms with Gasteiger partial charge in [-0.15, -0.1) is 0 Å². The number of hydrogen-bond acceptors (Lipinski definition) is 4. The molecule has 33 heavy (non-hydrogen) atoms. The molecule has 174 valence electrons. The molecule has 0 radical (unpaired) electrons. The standard InChI is InChI=1S/C27H29BrFNO3/c1-18-22(26(31)33-20-13-9-6-10-14-20)25(32-16-19-11-7-5-8-12-19)23(28)21(24(18)29)15-30-17-27(2,3)4/h5-14,30H,15-17H2,1-4H3. The minimum Gasteiger partial charge on any atom is -0.487 e. The second kappa shape index (κ2) is 10.9. The number of esters is 1. The number of ether oxygens (including phenoxy) is 2. The summed E-state index contributed by atoms with van der Waals surface area (Å²) in [5.74, 6) is -0.486. The van der Waals surface area contributed by atoms with Gasteiger partial charge < -0.3 is 14.8 Å². The van der Waals surface area contributed by atoms with E-state index < -0.39 is 11.8 Å². The number of carbonyl (C=O) groups excluding carboxylic acids is 1. The van der Waals surface area contributed by atoms with Crippen molar-refractivity contribution < 1.29 is 18.7 Å². The van der Waals surface area contributed by atoms with Gasteiger partial charge in [0.25, 0.3) is 0 Å². The molecule has 0 aliphatic heterocycles. The summed E-state index contributed by atoms with van der Waals surface area (Å²) >= 11 is 3.51. The van der Waals surface area contributed by atoms with E-state index >= 15 is 4.39 Å². The Labute approximate surface area is 203 Å². The van der Waals surface area contributed by atoms with Crippen LogP contribution in [0.2, 0.25) is 0 Å². The first-order chi connectivity index (χ1) is 15.7. The van der Waals surface area contributed by atoms with Crippen LogP contribution < -0.4 is 14.8 Å². The fraction of sp³-hybridized carbons (Fsp3) is 0.296. The third-order valence-corrected chi connectivity index (χ3v) is 5.84. The van der Waals surface area contributed by atoms with Crippen molar-refractivity contribution in [3.05, 3.63) is 93.2 Å². The average molecular weight is 514 g/mol. The van der Waals surface area contributed by atoms with Crippen LogP contribution in [0, 0.1) is 18.2 Å². The summed E-state index contributed by atoms with van der Waals surface area (Å²) in [5.41, 5.74) is 1.65. The molecule has 0 atom stereocenters. The van der Waals surface area contributed by atoms with Gasteiger partial charge in [-0.3, -0.25) is 0 Å². The molecule has 0 aliphatic rings. The maximum Gasteiger partial charge on any atom is 0.347 e. The molecule has 0 saturated carbocycles. The number of benzene rings is 3. The predicted octanol–water partition coefficient (Wildman–Crippen LogP) is 6.83. The molecule has 0 fully saturated rings. The van der Waals surface area contributed by atoms with Crippen LogP contribution in [0.4, 0.5) is 4.39 Å². The van der Waals surface area contributed by atoms with Gasteiger partial charge in [-0.05, 0) is 46.0 Å². The van der Waals surface area contributed by atoms with E-state index in [2.05, 4.69) is 42.0 Å². The summed E-state index contributed by atoms with van der Waals surface area (Å²) in [6.07, 6.45) is 0. The molecule has 0 aliphatic carbocycles. The van der Waals surface area contributed by atoms with Gasteiger partial charge >= 0.3 is 5.97 Å². The first-order valence-electron chi connectivity index (χ1n) is 10.8. The Balaban J connectivity index is 1.99. The van der Waals surface area contributed by atoms with E-state index in [-0.39, 0.29) is 28.9 Å². The SMILES string of the molecule is Cc1c(F)c(CNCC(C)(C)C)c(Br)c(OCc2ccccc2)c1C(=O)Oc1ccccc1. The van der Waals surface area contributed by atoms with Crippen molar-refractivity contribution in [3.8, 4) is 11.5 Å². The van der Waals surface area contributed by atoms with Crippen LogP contribution >= 0.6 is 15.9 Å². The molecule has 0 unspecified atom stereocenters. The average Bonchev–Trinajstić information content (AvgIpc) is 2.78. The molecule has 4 nitrogen and oxygen atoms in total. The van der Waals surface area contributed by atoms with Crippen LogP contribution in [0.15, 0.2) is 65.1 Å². The zero-order chi connectivity index (χ0) is 24.0. The van der Waals surface area contributed by atoms with Crippen molar-refractivity contribution in [2.45, 2.75) is 40.8 Å². The van der Waals surface area contributed by atoms with Gasteiger partial charge in [0, 0.05) is 24.2 Å². The van der Waals surface area contributed by atoms with Gasteiger partial charge in [0.15, 0.2) is 0 Å². The lowest BCUT2D eigenvalue weighted by molar-refractivity contribution is 0.0728. The first kappa shape index (κ1) is 24.9. The fourth-order valence-corrected chi connectivity index (χ4v) is 3.95. The lowest BCUT2D eigenvalue weighted by Gasteiger charge is -2.22. The van der Waals surface area contributed by atoms with Gasteiger partial charge in [0.2, 0.25) is 0 Å². The summed E-state index contributed by atoms with van der Waals surface area (Å²) in [4.78, 5) is 13.1. The van der Waals surface area contributed by atoms with Crippen molar-refractivity contribution in [2.24, 2.45) is 5.41 Å². The highest BCUT2D eigenvalue weighted by molar-refractivity contribution is 9.10. The number of carbonyl (C=O) groups is 1. The minimum absolute atomic E-state index is 0.0457. The Kier molecular flexibility index (Phi) is 8.27. The maximum atomic E-state index is 15.5. The van der Waals surface area contributed by atoms with E-state index in [1.807, 2.05) is 36.4 Å².